The van der Waals surface area contributed by atoms with Gasteiger partial charge in [-0.2, -0.15) is 0 Å². The highest BCUT2D eigenvalue weighted by Crippen LogP contribution is 2.07. The predicted octanol–water partition coefficient (Wildman–Crippen LogP) is 1.21. The van der Waals surface area contributed by atoms with Crippen molar-refractivity contribution < 1.29 is 25.2 Å². The summed E-state index contributed by atoms with van der Waals surface area (Å²) in [6.45, 7) is 0.319. The highest BCUT2D eigenvalue weighted by atomic mass is 16.5. The summed E-state index contributed by atoms with van der Waals surface area (Å²) in [6, 6.07) is 19.0. The van der Waals surface area contributed by atoms with Crippen LogP contribution >= 0.6 is 0 Å². The minimum absolute atomic E-state index is 0.0644. The summed E-state index contributed by atoms with van der Waals surface area (Å²) < 4.78 is 5.11. The van der Waals surface area contributed by atoms with Gasteiger partial charge in [0.15, 0.2) is 0 Å². The van der Waals surface area contributed by atoms with Crippen LogP contribution < -0.4 is 4.74 Å². The first-order valence-corrected chi connectivity index (χ1v) is 6.93. The number of ether oxygens (including phenoxy) is 1. The largest absolute Gasteiger partial charge is 0.491 e. The van der Waals surface area contributed by atoms with Crippen molar-refractivity contribution in [3.05, 3.63) is 66.2 Å². The Hall–Kier alpha value is -1.92. The first kappa shape index (κ1) is 20.1. The predicted molar refractivity (Wildman–Crippen MR) is 85.6 cm³/mol. The maximum absolute atomic E-state index is 8.54. The zero-order chi connectivity index (χ0) is 16.5. The lowest BCUT2D eigenvalue weighted by Gasteiger charge is -2.01. The molecule has 0 fully saturated rings. The fraction of sp³-hybridized carbons (Fsp3) is 0.294. The van der Waals surface area contributed by atoms with E-state index < -0.39 is 0 Å². The van der Waals surface area contributed by atoms with Gasteiger partial charge < -0.3 is 25.2 Å². The number of hydrogen-bond acceptors (Lipinski definition) is 5. The summed E-state index contributed by atoms with van der Waals surface area (Å²) >= 11 is 0. The molecule has 0 spiro atoms. The number of para-hydroxylation sites is 1. The molecule has 2 rings (SSSR count). The first-order valence-electron chi connectivity index (χ1n) is 6.93. The minimum Gasteiger partial charge on any atom is -0.491 e. The molecule has 0 aromatic heterocycles. The summed E-state index contributed by atoms with van der Waals surface area (Å²) in [5.74, 6) is 0.802. The number of benzene rings is 2. The van der Waals surface area contributed by atoms with Crippen LogP contribution in [0.5, 0.6) is 5.75 Å². The molecule has 0 bridgehead atoms. The van der Waals surface area contributed by atoms with Crippen molar-refractivity contribution in [1.29, 1.82) is 0 Å². The summed E-state index contributed by atoms with van der Waals surface area (Å²) in [6.07, 6.45) is 0. The SMILES string of the molecule is OCCO.OCCOc1ccccc1.OCc1ccccc1. The van der Waals surface area contributed by atoms with Crippen LogP contribution in [0, 0.1) is 0 Å². The molecule has 0 aliphatic carbocycles. The molecule has 22 heavy (non-hydrogen) atoms. The van der Waals surface area contributed by atoms with Crippen LogP contribution in [-0.4, -0.2) is 46.9 Å². The number of rotatable bonds is 5. The third-order valence-electron chi connectivity index (χ3n) is 2.23. The lowest BCUT2D eigenvalue weighted by Crippen LogP contribution is -2.00. The molecular weight excluding hydrogens is 284 g/mol. The Morgan fingerprint density at radius 2 is 1.14 bits per heavy atom. The molecule has 5 heteroatoms. The summed E-state index contributed by atoms with van der Waals surface area (Å²) in [5.41, 5.74) is 0.965. The fourth-order valence-corrected chi connectivity index (χ4v) is 1.26. The van der Waals surface area contributed by atoms with E-state index in [-0.39, 0.29) is 26.4 Å². The van der Waals surface area contributed by atoms with Gasteiger partial charge in [-0.05, 0) is 17.7 Å². The Morgan fingerprint density at radius 1 is 0.636 bits per heavy atom. The van der Waals surface area contributed by atoms with Crippen LogP contribution in [-0.2, 0) is 6.61 Å². The summed E-state index contributed by atoms with van der Waals surface area (Å²) in [5, 5.41) is 32.2. The van der Waals surface area contributed by atoms with Gasteiger partial charge in [-0.1, -0.05) is 48.5 Å². The van der Waals surface area contributed by atoms with Crippen molar-refractivity contribution in [2.75, 3.05) is 26.4 Å². The molecule has 4 N–H and O–H groups in total. The molecule has 5 nitrogen and oxygen atoms in total. The Morgan fingerprint density at radius 3 is 1.50 bits per heavy atom. The molecule has 0 heterocycles. The monoisotopic (exact) mass is 308 g/mol. The van der Waals surface area contributed by atoms with Gasteiger partial charge in [-0.3, -0.25) is 0 Å². The van der Waals surface area contributed by atoms with Crippen LogP contribution in [0.25, 0.3) is 0 Å². The zero-order valence-electron chi connectivity index (χ0n) is 12.5. The van der Waals surface area contributed by atoms with Gasteiger partial charge in [0.05, 0.1) is 26.4 Å². The van der Waals surface area contributed by atoms with Crippen molar-refractivity contribution in [2.45, 2.75) is 6.61 Å². The van der Waals surface area contributed by atoms with E-state index in [9.17, 15) is 0 Å². The number of aliphatic hydroxyl groups excluding tert-OH is 4. The molecule has 0 saturated heterocycles. The van der Waals surface area contributed by atoms with E-state index in [1.54, 1.807) is 0 Å². The van der Waals surface area contributed by atoms with Crippen molar-refractivity contribution in [1.82, 2.24) is 0 Å². The van der Waals surface area contributed by atoms with Crippen molar-refractivity contribution in [3.8, 4) is 5.75 Å². The molecule has 2 aromatic rings. The normalized spacial score (nSPS) is 8.91. The molecular formula is C17H24O5. The standard InChI is InChI=1S/C8H10O2.C7H8O.C2H6O2/c9-6-7-10-8-4-2-1-3-5-8;8-6-7-4-2-1-3-5-7;3-1-2-4/h1-5,9H,6-7H2;1-5,8H,6H2;3-4H,1-2H2. The van der Waals surface area contributed by atoms with Crippen molar-refractivity contribution >= 4 is 0 Å². The van der Waals surface area contributed by atoms with Crippen LogP contribution in [0.4, 0.5) is 0 Å². The molecule has 0 aliphatic rings. The Bertz CT molecular complexity index is 431. The highest BCUT2D eigenvalue weighted by molar-refractivity contribution is 5.20. The maximum Gasteiger partial charge on any atom is 0.119 e. The van der Waals surface area contributed by atoms with Gasteiger partial charge in [0.2, 0.25) is 0 Å². The van der Waals surface area contributed by atoms with E-state index in [4.69, 9.17) is 25.2 Å². The van der Waals surface area contributed by atoms with E-state index in [0.717, 1.165) is 11.3 Å². The quantitative estimate of drug-likeness (QED) is 0.666. The smallest absolute Gasteiger partial charge is 0.119 e. The molecule has 2 aromatic carbocycles. The highest BCUT2D eigenvalue weighted by Gasteiger charge is 1.87. The van der Waals surface area contributed by atoms with E-state index in [0.29, 0.717) is 6.61 Å². The van der Waals surface area contributed by atoms with Crippen molar-refractivity contribution in [3.63, 3.8) is 0 Å². The molecule has 0 unspecified atom stereocenters. The van der Waals surface area contributed by atoms with Crippen LogP contribution in [0.3, 0.4) is 0 Å². The van der Waals surface area contributed by atoms with Crippen LogP contribution in [0.1, 0.15) is 5.56 Å². The molecule has 0 saturated carbocycles. The van der Waals surface area contributed by atoms with Gasteiger partial charge >= 0.3 is 0 Å². The van der Waals surface area contributed by atoms with Gasteiger partial charge in [0.25, 0.3) is 0 Å². The summed E-state index contributed by atoms with van der Waals surface area (Å²) in [7, 11) is 0. The second-order valence-electron chi connectivity index (χ2n) is 3.98. The Labute approximate surface area is 131 Å². The van der Waals surface area contributed by atoms with Crippen LogP contribution in [0.2, 0.25) is 0 Å². The molecule has 0 amide bonds. The van der Waals surface area contributed by atoms with E-state index in [1.807, 2.05) is 60.7 Å². The number of hydrogen-bond donors (Lipinski definition) is 4. The topological polar surface area (TPSA) is 90.2 Å². The second-order valence-corrected chi connectivity index (χ2v) is 3.98. The van der Waals surface area contributed by atoms with Crippen LogP contribution in [0.15, 0.2) is 60.7 Å². The van der Waals surface area contributed by atoms with Gasteiger partial charge in [0, 0.05) is 0 Å². The molecule has 0 aliphatic heterocycles. The average Bonchev–Trinajstić information content (AvgIpc) is 2.62. The first-order chi connectivity index (χ1) is 10.8. The van der Waals surface area contributed by atoms with Gasteiger partial charge in [-0.15, -0.1) is 0 Å². The molecule has 122 valence electrons. The molecule has 0 radical (unpaired) electrons. The average molecular weight is 308 g/mol. The maximum atomic E-state index is 8.54. The Kier molecular flexibility index (Phi) is 14.1. The summed E-state index contributed by atoms with van der Waals surface area (Å²) in [4.78, 5) is 0. The number of aliphatic hydroxyl groups is 4. The lowest BCUT2D eigenvalue weighted by atomic mass is 10.2. The van der Waals surface area contributed by atoms with E-state index >= 15 is 0 Å². The zero-order valence-corrected chi connectivity index (χ0v) is 12.5. The minimum atomic E-state index is -0.125. The second kappa shape index (κ2) is 15.5. The molecule has 0 atom stereocenters. The van der Waals surface area contributed by atoms with Crippen molar-refractivity contribution in [2.24, 2.45) is 0 Å². The third-order valence-corrected chi connectivity index (χ3v) is 2.23. The Balaban J connectivity index is 0.000000330. The van der Waals surface area contributed by atoms with Gasteiger partial charge in [0.1, 0.15) is 12.4 Å². The van der Waals surface area contributed by atoms with E-state index in [2.05, 4.69) is 0 Å². The third kappa shape index (κ3) is 11.9. The lowest BCUT2D eigenvalue weighted by molar-refractivity contribution is 0.186. The van der Waals surface area contributed by atoms with E-state index in [1.165, 1.54) is 0 Å². The van der Waals surface area contributed by atoms with Gasteiger partial charge in [-0.25, -0.2) is 0 Å². The fourth-order valence-electron chi connectivity index (χ4n) is 1.26.